The molecule has 0 aliphatic heterocycles. The number of carbonyl (C=O) groups excluding carboxylic acids is 2. The van der Waals surface area contributed by atoms with E-state index in [-0.39, 0.29) is 12.3 Å². The molecular formula is C19H19ClNO3-. The van der Waals surface area contributed by atoms with E-state index in [0.29, 0.717) is 23.4 Å². The van der Waals surface area contributed by atoms with Gasteiger partial charge in [0.15, 0.2) is 0 Å². The number of halogens is 1. The van der Waals surface area contributed by atoms with Gasteiger partial charge in [0.1, 0.15) is 0 Å². The molecule has 0 aromatic heterocycles. The van der Waals surface area contributed by atoms with E-state index in [0.717, 1.165) is 6.42 Å². The van der Waals surface area contributed by atoms with Crippen LogP contribution in [0.3, 0.4) is 0 Å². The van der Waals surface area contributed by atoms with Crippen molar-refractivity contribution in [2.45, 2.75) is 31.7 Å². The van der Waals surface area contributed by atoms with Crippen LogP contribution in [-0.2, 0) is 16.0 Å². The first-order valence-electron chi connectivity index (χ1n) is 7.83. The van der Waals surface area contributed by atoms with E-state index < -0.39 is 12.0 Å². The van der Waals surface area contributed by atoms with Crippen LogP contribution in [0.1, 0.15) is 36.4 Å². The number of carboxylic acids is 1. The summed E-state index contributed by atoms with van der Waals surface area (Å²) in [5.41, 5.74) is 1.87. The van der Waals surface area contributed by atoms with Crippen molar-refractivity contribution in [1.82, 2.24) is 5.32 Å². The van der Waals surface area contributed by atoms with Gasteiger partial charge >= 0.3 is 0 Å². The molecule has 0 spiro atoms. The summed E-state index contributed by atoms with van der Waals surface area (Å²) in [6, 6.07) is 16.1. The van der Waals surface area contributed by atoms with Gasteiger partial charge in [0, 0.05) is 23.8 Å². The molecule has 1 N–H and O–H groups in total. The molecule has 0 saturated carbocycles. The molecule has 2 aromatic rings. The maximum Gasteiger partial charge on any atom is 0.220 e. The van der Waals surface area contributed by atoms with Crippen molar-refractivity contribution in [3.05, 3.63) is 70.7 Å². The minimum Gasteiger partial charge on any atom is -0.550 e. The Bertz CT molecular complexity index is 671. The molecule has 126 valence electrons. The summed E-state index contributed by atoms with van der Waals surface area (Å²) in [5, 5.41) is 14.3. The van der Waals surface area contributed by atoms with Crippen LogP contribution in [-0.4, -0.2) is 11.9 Å². The lowest BCUT2D eigenvalue weighted by Crippen LogP contribution is -2.34. The molecule has 4 nitrogen and oxygen atoms in total. The fourth-order valence-corrected chi connectivity index (χ4v) is 2.60. The highest BCUT2D eigenvalue weighted by atomic mass is 35.5. The zero-order valence-electron chi connectivity index (χ0n) is 13.2. The Balaban J connectivity index is 1.89. The second kappa shape index (κ2) is 9.08. The van der Waals surface area contributed by atoms with Crippen molar-refractivity contribution in [3.8, 4) is 0 Å². The van der Waals surface area contributed by atoms with E-state index in [9.17, 15) is 14.7 Å². The predicted molar refractivity (Wildman–Crippen MR) is 91.3 cm³/mol. The van der Waals surface area contributed by atoms with E-state index in [2.05, 4.69) is 5.32 Å². The van der Waals surface area contributed by atoms with Crippen LogP contribution in [0.25, 0.3) is 0 Å². The molecule has 2 rings (SSSR count). The molecular weight excluding hydrogens is 326 g/mol. The van der Waals surface area contributed by atoms with Crippen LogP contribution >= 0.6 is 11.6 Å². The third-order valence-electron chi connectivity index (χ3n) is 3.69. The maximum atomic E-state index is 12.1. The number of benzene rings is 2. The van der Waals surface area contributed by atoms with Crippen molar-refractivity contribution in [2.24, 2.45) is 0 Å². The van der Waals surface area contributed by atoms with Crippen molar-refractivity contribution in [3.63, 3.8) is 0 Å². The molecule has 0 bridgehead atoms. The van der Waals surface area contributed by atoms with Crippen molar-refractivity contribution in [1.29, 1.82) is 0 Å². The van der Waals surface area contributed by atoms with Gasteiger partial charge < -0.3 is 15.2 Å². The number of aryl methyl sites for hydroxylation is 1. The van der Waals surface area contributed by atoms with Crippen molar-refractivity contribution < 1.29 is 14.7 Å². The molecule has 0 radical (unpaired) electrons. The number of rotatable bonds is 8. The zero-order chi connectivity index (χ0) is 17.4. The topological polar surface area (TPSA) is 69.2 Å². The number of amides is 1. The van der Waals surface area contributed by atoms with Gasteiger partial charge in [0.25, 0.3) is 0 Å². The first-order valence-corrected chi connectivity index (χ1v) is 8.21. The summed E-state index contributed by atoms with van der Waals surface area (Å²) in [4.78, 5) is 23.1. The van der Waals surface area contributed by atoms with E-state index in [1.165, 1.54) is 5.56 Å². The van der Waals surface area contributed by atoms with Gasteiger partial charge in [-0.2, -0.15) is 0 Å². The number of aliphatic carboxylic acids is 1. The molecule has 2 aromatic carbocycles. The van der Waals surface area contributed by atoms with Gasteiger partial charge in [0.2, 0.25) is 5.91 Å². The fourth-order valence-electron chi connectivity index (χ4n) is 2.48. The van der Waals surface area contributed by atoms with Gasteiger partial charge in [0.05, 0.1) is 6.04 Å². The Hall–Kier alpha value is -2.33. The average molecular weight is 345 g/mol. The lowest BCUT2D eigenvalue weighted by atomic mass is 10.0. The van der Waals surface area contributed by atoms with E-state index in [4.69, 9.17) is 11.6 Å². The van der Waals surface area contributed by atoms with Crippen LogP contribution in [0.15, 0.2) is 54.6 Å². The Kier molecular flexibility index (Phi) is 6.82. The summed E-state index contributed by atoms with van der Waals surface area (Å²) in [7, 11) is 0. The minimum atomic E-state index is -1.21. The van der Waals surface area contributed by atoms with Gasteiger partial charge in [-0.05, 0) is 36.1 Å². The number of carboxylic acid groups (broad SMARTS) is 1. The lowest BCUT2D eigenvalue weighted by molar-refractivity contribution is -0.306. The third-order valence-corrected chi connectivity index (χ3v) is 3.94. The van der Waals surface area contributed by atoms with Crippen LogP contribution in [0, 0.1) is 0 Å². The molecule has 1 amide bonds. The Morgan fingerprint density at radius 2 is 1.71 bits per heavy atom. The van der Waals surface area contributed by atoms with Gasteiger partial charge in [-0.3, -0.25) is 4.79 Å². The van der Waals surface area contributed by atoms with E-state index in [1.807, 2.05) is 30.3 Å². The first kappa shape index (κ1) is 18.0. The van der Waals surface area contributed by atoms with Crippen LogP contribution in [0.4, 0.5) is 0 Å². The Morgan fingerprint density at radius 1 is 1.04 bits per heavy atom. The normalized spacial score (nSPS) is 11.7. The quantitative estimate of drug-likeness (QED) is 0.800. The summed E-state index contributed by atoms with van der Waals surface area (Å²) < 4.78 is 0. The molecule has 0 unspecified atom stereocenters. The molecule has 24 heavy (non-hydrogen) atoms. The van der Waals surface area contributed by atoms with E-state index in [1.54, 1.807) is 24.3 Å². The smallest absolute Gasteiger partial charge is 0.220 e. The number of nitrogens with one attached hydrogen (secondary N) is 1. The average Bonchev–Trinajstić information content (AvgIpc) is 2.55. The minimum absolute atomic E-state index is 0.174. The highest BCUT2D eigenvalue weighted by Crippen LogP contribution is 2.19. The highest BCUT2D eigenvalue weighted by Gasteiger charge is 2.15. The summed E-state index contributed by atoms with van der Waals surface area (Å²) in [6.45, 7) is 0. The molecule has 0 aliphatic carbocycles. The van der Waals surface area contributed by atoms with Crippen LogP contribution < -0.4 is 10.4 Å². The summed E-state index contributed by atoms with van der Waals surface area (Å²) in [5.74, 6) is -1.38. The summed E-state index contributed by atoms with van der Waals surface area (Å²) >= 11 is 5.84. The third kappa shape index (κ3) is 6.05. The number of hydrogen-bond donors (Lipinski definition) is 1. The number of hydrogen-bond acceptors (Lipinski definition) is 3. The molecule has 5 heteroatoms. The monoisotopic (exact) mass is 344 g/mol. The second-order valence-corrected chi connectivity index (χ2v) is 6.02. The largest absolute Gasteiger partial charge is 0.550 e. The standard InChI is InChI=1S/C19H20ClNO3/c20-16-11-9-15(10-12-16)17(13-19(23)24)21-18(22)8-4-7-14-5-2-1-3-6-14/h1-3,5-6,9-12,17H,4,7-8,13H2,(H,21,22)(H,23,24)/p-1/t17-/m1/s1. The molecule has 1 atom stereocenters. The van der Waals surface area contributed by atoms with E-state index >= 15 is 0 Å². The van der Waals surface area contributed by atoms with Crippen LogP contribution in [0.2, 0.25) is 5.02 Å². The summed E-state index contributed by atoms with van der Waals surface area (Å²) in [6.07, 6.45) is 1.58. The Morgan fingerprint density at radius 3 is 2.33 bits per heavy atom. The molecule has 0 saturated heterocycles. The number of carbonyl (C=O) groups is 2. The van der Waals surface area contributed by atoms with Gasteiger partial charge in [-0.15, -0.1) is 0 Å². The van der Waals surface area contributed by atoms with Crippen LogP contribution in [0.5, 0.6) is 0 Å². The zero-order valence-corrected chi connectivity index (χ0v) is 14.0. The van der Waals surface area contributed by atoms with Crippen molar-refractivity contribution in [2.75, 3.05) is 0 Å². The van der Waals surface area contributed by atoms with Crippen molar-refractivity contribution >= 4 is 23.5 Å². The lowest BCUT2D eigenvalue weighted by Gasteiger charge is -2.20. The molecule has 0 aliphatic rings. The second-order valence-electron chi connectivity index (χ2n) is 5.59. The Labute approximate surface area is 146 Å². The maximum absolute atomic E-state index is 12.1. The van der Waals surface area contributed by atoms with Gasteiger partial charge in [-0.1, -0.05) is 54.1 Å². The predicted octanol–water partition coefficient (Wildman–Crippen LogP) is 2.66. The SMILES string of the molecule is O=C([O-])C[C@@H](NC(=O)CCCc1ccccc1)c1ccc(Cl)cc1. The fraction of sp³-hybridized carbons (Fsp3) is 0.263. The molecule has 0 fully saturated rings. The molecule has 0 heterocycles. The first-order chi connectivity index (χ1) is 11.5. The van der Waals surface area contributed by atoms with Gasteiger partial charge in [-0.25, -0.2) is 0 Å². The highest BCUT2D eigenvalue weighted by molar-refractivity contribution is 6.30.